The molecule has 2 bridgehead atoms. The molecule has 1 amide bonds. The first-order valence-electron chi connectivity index (χ1n) is 11.3. The zero-order chi connectivity index (χ0) is 19.7. The summed E-state index contributed by atoms with van der Waals surface area (Å²) in [4.78, 5) is 17.9. The molecule has 4 heterocycles. The maximum absolute atomic E-state index is 12.6. The second-order valence-corrected chi connectivity index (χ2v) is 9.74. The third-order valence-corrected chi connectivity index (χ3v) is 7.09. The van der Waals surface area contributed by atoms with Crippen LogP contribution in [0.5, 0.6) is 0 Å². The van der Waals surface area contributed by atoms with Gasteiger partial charge in [-0.3, -0.25) is 19.3 Å². The standard InChI is InChI=1S/C22H37N5O/c1-16(2)7-8-21-18-10-17(20-6-4-5-9-27(20)21)12-26(13-18)15-22(28)24-19-11-23-25(3)14-19/h11,14,16-18,20-21H,4-10,12-13,15H2,1-3H3,(H,24,28)/t17-,18+,20+,21+/m1/s1. The summed E-state index contributed by atoms with van der Waals surface area (Å²) in [6, 6.07) is 1.46. The lowest BCUT2D eigenvalue weighted by atomic mass is 9.71. The lowest BCUT2D eigenvalue weighted by molar-refractivity contribution is -0.120. The molecule has 0 aromatic carbocycles. The Hall–Kier alpha value is -1.40. The molecule has 28 heavy (non-hydrogen) atoms. The predicted molar refractivity (Wildman–Crippen MR) is 112 cm³/mol. The van der Waals surface area contributed by atoms with Crippen LogP contribution in [0.1, 0.15) is 52.4 Å². The molecule has 6 heteroatoms. The highest BCUT2D eigenvalue weighted by Crippen LogP contribution is 2.42. The number of aryl methyl sites for hydroxylation is 1. The molecule has 3 fully saturated rings. The molecule has 1 N–H and O–H groups in total. The Morgan fingerprint density at radius 3 is 2.86 bits per heavy atom. The number of hydrogen-bond donors (Lipinski definition) is 1. The van der Waals surface area contributed by atoms with E-state index in [9.17, 15) is 4.79 Å². The summed E-state index contributed by atoms with van der Waals surface area (Å²) in [5, 5.41) is 7.14. The van der Waals surface area contributed by atoms with Gasteiger partial charge in [-0.2, -0.15) is 5.10 Å². The number of piperidine rings is 3. The smallest absolute Gasteiger partial charge is 0.238 e. The van der Waals surface area contributed by atoms with E-state index in [4.69, 9.17) is 0 Å². The Balaban J connectivity index is 1.41. The Labute approximate surface area is 169 Å². The maximum atomic E-state index is 12.6. The van der Waals surface area contributed by atoms with Crippen molar-refractivity contribution >= 4 is 11.6 Å². The van der Waals surface area contributed by atoms with Crippen molar-refractivity contribution in [1.82, 2.24) is 19.6 Å². The molecule has 1 aromatic heterocycles. The molecule has 4 atom stereocenters. The van der Waals surface area contributed by atoms with E-state index in [1.807, 2.05) is 13.2 Å². The Morgan fingerprint density at radius 1 is 1.29 bits per heavy atom. The molecular weight excluding hydrogens is 350 g/mol. The van der Waals surface area contributed by atoms with E-state index in [0.717, 1.165) is 42.6 Å². The molecule has 4 rings (SSSR count). The Kier molecular flexibility index (Phi) is 6.07. The SMILES string of the molecule is CC(C)CC[C@H]1[C@H]2C[C@H](CN(CC(=O)Nc3cnn(C)c3)C2)[C@@H]2CCCCN21. The van der Waals surface area contributed by atoms with Gasteiger partial charge in [-0.15, -0.1) is 0 Å². The van der Waals surface area contributed by atoms with E-state index in [1.54, 1.807) is 10.9 Å². The molecule has 0 saturated carbocycles. The van der Waals surface area contributed by atoms with Gasteiger partial charge in [0.2, 0.25) is 5.91 Å². The molecule has 0 spiro atoms. The first-order valence-corrected chi connectivity index (χ1v) is 11.3. The molecule has 3 saturated heterocycles. The number of likely N-dealkylation sites (tertiary alicyclic amines) is 1. The number of amides is 1. The minimum Gasteiger partial charge on any atom is -0.322 e. The summed E-state index contributed by atoms with van der Waals surface area (Å²) in [5.41, 5.74) is 0.790. The van der Waals surface area contributed by atoms with Crippen molar-refractivity contribution in [2.75, 3.05) is 31.5 Å². The van der Waals surface area contributed by atoms with E-state index in [-0.39, 0.29) is 5.91 Å². The number of rotatable bonds is 6. The third kappa shape index (κ3) is 4.43. The van der Waals surface area contributed by atoms with E-state index in [0.29, 0.717) is 12.6 Å². The van der Waals surface area contributed by atoms with Gasteiger partial charge in [-0.05, 0) is 56.4 Å². The molecule has 1 aromatic rings. The van der Waals surface area contributed by atoms with Crippen molar-refractivity contribution in [3.05, 3.63) is 12.4 Å². The van der Waals surface area contributed by atoms with Crippen LogP contribution in [0, 0.1) is 17.8 Å². The van der Waals surface area contributed by atoms with Gasteiger partial charge in [0, 0.05) is 38.4 Å². The zero-order valence-corrected chi connectivity index (χ0v) is 17.8. The fourth-order valence-electron chi connectivity index (χ4n) is 5.93. The molecule has 3 aliphatic rings. The summed E-state index contributed by atoms with van der Waals surface area (Å²) in [6.07, 6.45) is 11.7. The lowest BCUT2D eigenvalue weighted by Gasteiger charge is -2.57. The summed E-state index contributed by atoms with van der Waals surface area (Å²) in [6.45, 7) is 8.63. The van der Waals surface area contributed by atoms with Crippen molar-refractivity contribution < 1.29 is 4.79 Å². The molecule has 6 nitrogen and oxygen atoms in total. The number of carbonyl (C=O) groups is 1. The minimum absolute atomic E-state index is 0.0900. The van der Waals surface area contributed by atoms with Gasteiger partial charge in [0.15, 0.2) is 0 Å². The number of fused-ring (bicyclic) bond motifs is 4. The maximum Gasteiger partial charge on any atom is 0.238 e. The highest BCUT2D eigenvalue weighted by Gasteiger charge is 2.46. The first-order chi connectivity index (χ1) is 13.5. The van der Waals surface area contributed by atoms with Crippen LogP contribution in [-0.2, 0) is 11.8 Å². The van der Waals surface area contributed by atoms with E-state index in [2.05, 4.69) is 34.1 Å². The number of anilines is 1. The largest absolute Gasteiger partial charge is 0.322 e. The van der Waals surface area contributed by atoms with Crippen LogP contribution < -0.4 is 5.32 Å². The monoisotopic (exact) mass is 387 g/mol. The average Bonchev–Trinajstić information content (AvgIpc) is 3.06. The van der Waals surface area contributed by atoms with E-state index in [1.165, 1.54) is 45.1 Å². The van der Waals surface area contributed by atoms with Gasteiger partial charge in [-0.25, -0.2) is 0 Å². The van der Waals surface area contributed by atoms with Gasteiger partial charge in [0.1, 0.15) is 0 Å². The van der Waals surface area contributed by atoms with Crippen LogP contribution in [-0.4, -0.2) is 63.8 Å². The van der Waals surface area contributed by atoms with Crippen molar-refractivity contribution in [3.63, 3.8) is 0 Å². The summed E-state index contributed by atoms with van der Waals surface area (Å²) in [5.74, 6) is 2.32. The van der Waals surface area contributed by atoms with Crippen LogP contribution in [0.4, 0.5) is 5.69 Å². The first kappa shape index (κ1) is 19.9. The highest BCUT2D eigenvalue weighted by atomic mass is 16.2. The fraction of sp³-hybridized carbons (Fsp3) is 0.818. The summed E-state index contributed by atoms with van der Waals surface area (Å²) < 4.78 is 1.72. The van der Waals surface area contributed by atoms with E-state index >= 15 is 0 Å². The van der Waals surface area contributed by atoms with Crippen LogP contribution in [0.3, 0.4) is 0 Å². The normalized spacial score (nSPS) is 31.0. The molecule has 0 unspecified atom stereocenters. The lowest BCUT2D eigenvalue weighted by Crippen LogP contribution is -2.63. The number of carbonyl (C=O) groups excluding carboxylic acids is 1. The van der Waals surface area contributed by atoms with Crippen LogP contribution in [0.2, 0.25) is 0 Å². The summed E-state index contributed by atoms with van der Waals surface area (Å²) >= 11 is 0. The Morgan fingerprint density at radius 2 is 2.11 bits per heavy atom. The third-order valence-electron chi connectivity index (χ3n) is 7.09. The van der Waals surface area contributed by atoms with E-state index < -0.39 is 0 Å². The molecular formula is C22H37N5O. The average molecular weight is 388 g/mol. The second kappa shape index (κ2) is 8.54. The van der Waals surface area contributed by atoms with Crippen molar-refractivity contribution in [2.45, 2.75) is 64.5 Å². The topological polar surface area (TPSA) is 53.4 Å². The molecule has 0 aliphatic carbocycles. The van der Waals surface area contributed by atoms with Crippen LogP contribution in [0.15, 0.2) is 12.4 Å². The quantitative estimate of drug-likeness (QED) is 0.815. The van der Waals surface area contributed by atoms with Crippen molar-refractivity contribution in [3.8, 4) is 0 Å². The van der Waals surface area contributed by atoms with Crippen LogP contribution in [0.25, 0.3) is 0 Å². The van der Waals surface area contributed by atoms with Crippen LogP contribution >= 0.6 is 0 Å². The molecule has 0 radical (unpaired) electrons. The van der Waals surface area contributed by atoms with Gasteiger partial charge in [0.25, 0.3) is 0 Å². The molecule has 3 aliphatic heterocycles. The summed E-state index contributed by atoms with van der Waals surface area (Å²) in [7, 11) is 1.87. The van der Waals surface area contributed by atoms with Gasteiger partial charge < -0.3 is 5.32 Å². The fourth-order valence-corrected chi connectivity index (χ4v) is 5.93. The number of aromatic nitrogens is 2. The zero-order valence-electron chi connectivity index (χ0n) is 17.8. The van der Waals surface area contributed by atoms with Crippen molar-refractivity contribution in [2.24, 2.45) is 24.8 Å². The number of hydrogen-bond acceptors (Lipinski definition) is 4. The number of nitrogens with one attached hydrogen (secondary N) is 1. The van der Waals surface area contributed by atoms with Crippen molar-refractivity contribution in [1.29, 1.82) is 0 Å². The highest BCUT2D eigenvalue weighted by molar-refractivity contribution is 5.91. The number of nitrogens with zero attached hydrogens (tertiary/aromatic N) is 4. The minimum atomic E-state index is 0.0900. The van der Waals surface area contributed by atoms with Gasteiger partial charge in [-0.1, -0.05) is 20.3 Å². The van der Waals surface area contributed by atoms with Gasteiger partial charge >= 0.3 is 0 Å². The predicted octanol–water partition coefficient (Wildman–Crippen LogP) is 2.97. The second-order valence-electron chi connectivity index (χ2n) is 9.74. The van der Waals surface area contributed by atoms with Gasteiger partial charge in [0.05, 0.1) is 18.4 Å². The Bertz CT molecular complexity index is 672. The molecule has 156 valence electrons.